The smallest absolute Gasteiger partial charge is 0.120 e. The zero-order valence-corrected chi connectivity index (χ0v) is 12.6. The SMILES string of the molecule is CC(C)Oc1cccc(CN2CCN(CCO)CC2)c1. The van der Waals surface area contributed by atoms with Crippen LogP contribution in [0.15, 0.2) is 24.3 Å². The van der Waals surface area contributed by atoms with E-state index >= 15 is 0 Å². The highest BCUT2D eigenvalue weighted by molar-refractivity contribution is 5.28. The maximum Gasteiger partial charge on any atom is 0.120 e. The average Bonchev–Trinajstić information content (AvgIpc) is 2.41. The van der Waals surface area contributed by atoms with Crippen LogP contribution in [0.2, 0.25) is 0 Å². The Bertz CT molecular complexity index is 401. The van der Waals surface area contributed by atoms with Crippen LogP contribution in [0.25, 0.3) is 0 Å². The van der Waals surface area contributed by atoms with Crippen LogP contribution in [0.1, 0.15) is 19.4 Å². The second-order valence-electron chi connectivity index (χ2n) is 5.66. The molecule has 1 heterocycles. The molecule has 1 saturated heterocycles. The summed E-state index contributed by atoms with van der Waals surface area (Å²) in [5, 5.41) is 8.95. The van der Waals surface area contributed by atoms with Crippen LogP contribution >= 0.6 is 0 Å². The Hall–Kier alpha value is -1.10. The number of hydrogen-bond acceptors (Lipinski definition) is 4. The Morgan fingerprint density at radius 2 is 1.85 bits per heavy atom. The highest BCUT2D eigenvalue weighted by atomic mass is 16.5. The number of hydrogen-bond donors (Lipinski definition) is 1. The van der Waals surface area contributed by atoms with E-state index in [1.807, 2.05) is 19.9 Å². The molecule has 112 valence electrons. The maximum absolute atomic E-state index is 8.95. The first-order valence-corrected chi connectivity index (χ1v) is 7.48. The molecule has 0 aliphatic carbocycles. The summed E-state index contributed by atoms with van der Waals surface area (Å²) in [5.41, 5.74) is 1.30. The van der Waals surface area contributed by atoms with Crippen molar-refractivity contribution in [2.24, 2.45) is 0 Å². The van der Waals surface area contributed by atoms with Crippen LogP contribution in [-0.2, 0) is 6.54 Å². The second kappa shape index (κ2) is 7.62. The Morgan fingerprint density at radius 3 is 2.50 bits per heavy atom. The molecule has 4 nitrogen and oxygen atoms in total. The minimum absolute atomic E-state index is 0.215. The van der Waals surface area contributed by atoms with Gasteiger partial charge in [-0.25, -0.2) is 0 Å². The molecule has 1 aliphatic rings. The van der Waals surface area contributed by atoms with E-state index in [1.54, 1.807) is 0 Å². The van der Waals surface area contributed by atoms with Gasteiger partial charge in [0.25, 0.3) is 0 Å². The van der Waals surface area contributed by atoms with Gasteiger partial charge < -0.3 is 9.84 Å². The van der Waals surface area contributed by atoms with Gasteiger partial charge in [0.05, 0.1) is 12.7 Å². The zero-order chi connectivity index (χ0) is 14.4. The molecular formula is C16H26N2O2. The van der Waals surface area contributed by atoms with Gasteiger partial charge >= 0.3 is 0 Å². The number of rotatable bonds is 6. The molecule has 0 saturated carbocycles. The first-order chi connectivity index (χ1) is 9.67. The predicted molar refractivity (Wildman–Crippen MR) is 81.0 cm³/mol. The summed E-state index contributed by atoms with van der Waals surface area (Å²) in [6.07, 6.45) is 0.215. The van der Waals surface area contributed by atoms with Crippen molar-refractivity contribution in [1.82, 2.24) is 9.80 Å². The first kappa shape index (κ1) is 15.3. The van der Waals surface area contributed by atoms with Gasteiger partial charge in [0.1, 0.15) is 5.75 Å². The van der Waals surface area contributed by atoms with Crippen LogP contribution in [0.3, 0.4) is 0 Å². The minimum atomic E-state index is 0.215. The monoisotopic (exact) mass is 278 g/mol. The van der Waals surface area contributed by atoms with Crippen LogP contribution in [0.5, 0.6) is 5.75 Å². The van der Waals surface area contributed by atoms with E-state index in [-0.39, 0.29) is 12.7 Å². The average molecular weight is 278 g/mol. The Balaban J connectivity index is 1.84. The molecule has 1 fully saturated rings. The lowest BCUT2D eigenvalue weighted by Crippen LogP contribution is -2.46. The normalized spacial score (nSPS) is 17.6. The Morgan fingerprint density at radius 1 is 1.15 bits per heavy atom. The summed E-state index contributed by atoms with van der Waals surface area (Å²) in [6, 6.07) is 8.38. The van der Waals surface area contributed by atoms with Crippen molar-refractivity contribution < 1.29 is 9.84 Å². The van der Waals surface area contributed by atoms with Crippen molar-refractivity contribution in [2.75, 3.05) is 39.3 Å². The standard InChI is InChI=1S/C16H26N2O2/c1-14(2)20-16-5-3-4-15(12-16)13-18-8-6-17(7-9-18)10-11-19/h3-5,12,14,19H,6-11,13H2,1-2H3. The quantitative estimate of drug-likeness (QED) is 0.857. The summed E-state index contributed by atoms with van der Waals surface area (Å²) in [5.74, 6) is 0.955. The van der Waals surface area contributed by atoms with E-state index in [0.717, 1.165) is 45.0 Å². The molecule has 1 aromatic carbocycles. The number of ether oxygens (including phenoxy) is 1. The largest absolute Gasteiger partial charge is 0.491 e. The summed E-state index contributed by atoms with van der Waals surface area (Å²) in [7, 11) is 0. The fourth-order valence-corrected chi connectivity index (χ4v) is 2.56. The third-order valence-electron chi connectivity index (χ3n) is 3.56. The molecule has 0 atom stereocenters. The van der Waals surface area contributed by atoms with Gasteiger partial charge in [0, 0.05) is 39.3 Å². The number of aliphatic hydroxyl groups excluding tert-OH is 1. The highest BCUT2D eigenvalue weighted by Gasteiger charge is 2.16. The van der Waals surface area contributed by atoms with E-state index in [1.165, 1.54) is 5.56 Å². The molecule has 0 unspecified atom stereocenters. The van der Waals surface area contributed by atoms with Gasteiger partial charge in [-0.2, -0.15) is 0 Å². The van der Waals surface area contributed by atoms with Crippen molar-refractivity contribution in [1.29, 1.82) is 0 Å². The number of piperazine rings is 1. The zero-order valence-electron chi connectivity index (χ0n) is 12.6. The van der Waals surface area contributed by atoms with E-state index in [2.05, 4.69) is 28.0 Å². The van der Waals surface area contributed by atoms with Gasteiger partial charge in [0.2, 0.25) is 0 Å². The fraction of sp³-hybridized carbons (Fsp3) is 0.625. The van der Waals surface area contributed by atoms with Gasteiger partial charge in [-0.15, -0.1) is 0 Å². The maximum atomic E-state index is 8.95. The summed E-state index contributed by atoms with van der Waals surface area (Å²) in [6.45, 7) is 10.3. The van der Waals surface area contributed by atoms with Crippen molar-refractivity contribution in [3.05, 3.63) is 29.8 Å². The molecule has 4 heteroatoms. The molecule has 0 bridgehead atoms. The van der Waals surface area contributed by atoms with Gasteiger partial charge in [-0.3, -0.25) is 9.80 Å². The van der Waals surface area contributed by atoms with E-state index < -0.39 is 0 Å². The molecule has 1 aromatic rings. The first-order valence-electron chi connectivity index (χ1n) is 7.48. The lowest BCUT2D eigenvalue weighted by Gasteiger charge is -2.34. The van der Waals surface area contributed by atoms with Crippen molar-refractivity contribution in [3.63, 3.8) is 0 Å². The van der Waals surface area contributed by atoms with E-state index in [4.69, 9.17) is 9.84 Å². The topological polar surface area (TPSA) is 35.9 Å². The Kier molecular flexibility index (Phi) is 5.83. The summed E-state index contributed by atoms with van der Waals surface area (Å²) < 4.78 is 5.74. The predicted octanol–water partition coefficient (Wildman–Crippen LogP) is 1.58. The summed E-state index contributed by atoms with van der Waals surface area (Å²) >= 11 is 0. The van der Waals surface area contributed by atoms with Crippen molar-refractivity contribution in [3.8, 4) is 5.75 Å². The summed E-state index contributed by atoms with van der Waals surface area (Å²) in [4.78, 5) is 4.77. The van der Waals surface area contributed by atoms with E-state index in [0.29, 0.717) is 0 Å². The lowest BCUT2D eigenvalue weighted by molar-refractivity contribution is 0.108. The third kappa shape index (κ3) is 4.78. The van der Waals surface area contributed by atoms with Crippen molar-refractivity contribution in [2.45, 2.75) is 26.5 Å². The van der Waals surface area contributed by atoms with Crippen LogP contribution in [0.4, 0.5) is 0 Å². The minimum Gasteiger partial charge on any atom is -0.491 e. The van der Waals surface area contributed by atoms with Gasteiger partial charge in [-0.1, -0.05) is 12.1 Å². The van der Waals surface area contributed by atoms with Crippen LogP contribution < -0.4 is 4.74 Å². The number of benzene rings is 1. The highest BCUT2D eigenvalue weighted by Crippen LogP contribution is 2.17. The third-order valence-corrected chi connectivity index (χ3v) is 3.56. The number of nitrogens with zero attached hydrogens (tertiary/aromatic N) is 2. The molecule has 0 amide bonds. The van der Waals surface area contributed by atoms with Crippen LogP contribution in [-0.4, -0.2) is 60.3 Å². The van der Waals surface area contributed by atoms with Gasteiger partial charge in [0.15, 0.2) is 0 Å². The molecular weight excluding hydrogens is 252 g/mol. The molecule has 0 spiro atoms. The molecule has 2 rings (SSSR count). The van der Waals surface area contributed by atoms with Gasteiger partial charge in [-0.05, 0) is 31.5 Å². The lowest BCUT2D eigenvalue weighted by atomic mass is 10.2. The Labute approximate surface area is 122 Å². The molecule has 20 heavy (non-hydrogen) atoms. The molecule has 1 N–H and O–H groups in total. The number of aliphatic hydroxyl groups is 1. The number of β-amino-alcohol motifs (C(OH)–C–C–N with tert-alkyl or cyclic N) is 1. The molecule has 1 aliphatic heterocycles. The van der Waals surface area contributed by atoms with E-state index in [9.17, 15) is 0 Å². The molecule has 0 aromatic heterocycles. The molecule has 0 radical (unpaired) electrons. The second-order valence-corrected chi connectivity index (χ2v) is 5.66. The fourth-order valence-electron chi connectivity index (χ4n) is 2.56. The van der Waals surface area contributed by atoms with Crippen LogP contribution in [0, 0.1) is 0 Å². The van der Waals surface area contributed by atoms with Crippen molar-refractivity contribution >= 4 is 0 Å².